The van der Waals surface area contributed by atoms with Gasteiger partial charge in [0.1, 0.15) is 0 Å². The molecule has 2 amide bonds. The van der Waals surface area contributed by atoms with Crippen LogP contribution in [0.1, 0.15) is 25.5 Å². The fourth-order valence-electron chi connectivity index (χ4n) is 1.99. The molecule has 1 aromatic heterocycles. The smallest absolute Gasteiger partial charge is 0.319 e. The van der Waals surface area contributed by atoms with E-state index in [9.17, 15) is 9.90 Å². The number of benzene rings is 1. The van der Waals surface area contributed by atoms with Crippen LogP contribution in [0.25, 0.3) is 0 Å². The highest BCUT2D eigenvalue weighted by atomic mass is 16.3. The number of aliphatic hydroxyl groups excluding tert-OH is 1. The zero-order valence-electron chi connectivity index (χ0n) is 12.2. The van der Waals surface area contributed by atoms with Crippen molar-refractivity contribution in [3.63, 3.8) is 0 Å². The van der Waals surface area contributed by atoms with Gasteiger partial charge < -0.3 is 20.3 Å². The number of nitrogens with zero attached hydrogens (tertiary/aromatic N) is 2. The minimum absolute atomic E-state index is 0.0177. The Hall–Kier alpha value is -2.34. The normalized spacial score (nSPS) is 13.5. The van der Waals surface area contributed by atoms with Gasteiger partial charge in [-0.05, 0) is 31.5 Å². The summed E-state index contributed by atoms with van der Waals surface area (Å²) in [5.41, 5.74) is 1.50. The SMILES string of the molecule is CC(Cn1ccnc1)NC(=O)Nc1ccc(C(C)O)cc1. The Balaban J connectivity index is 1.83. The van der Waals surface area contributed by atoms with Crippen LogP contribution in [0.4, 0.5) is 10.5 Å². The fourth-order valence-corrected chi connectivity index (χ4v) is 1.99. The molecule has 2 aromatic rings. The zero-order valence-corrected chi connectivity index (χ0v) is 12.2. The molecule has 2 unspecified atom stereocenters. The standard InChI is InChI=1S/C15H20N4O2/c1-11(9-19-8-7-16-10-19)17-15(21)18-14-5-3-13(4-6-14)12(2)20/h3-8,10-12,20H,9H2,1-2H3,(H2,17,18,21). The summed E-state index contributed by atoms with van der Waals surface area (Å²) in [5, 5.41) is 15.0. The number of urea groups is 1. The van der Waals surface area contributed by atoms with Gasteiger partial charge in [0, 0.05) is 30.7 Å². The first-order chi connectivity index (χ1) is 10.0. The lowest BCUT2D eigenvalue weighted by Crippen LogP contribution is -2.38. The second-order valence-corrected chi connectivity index (χ2v) is 5.06. The molecule has 21 heavy (non-hydrogen) atoms. The minimum Gasteiger partial charge on any atom is -0.389 e. The Kier molecular flexibility index (Phi) is 4.94. The van der Waals surface area contributed by atoms with Crippen molar-refractivity contribution in [1.29, 1.82) is 0 Å². The number of anilines is 1. The average molecular weight is 288 g/mol. The molecular weight excluding hydrogens is 268 g/mol. The lowest BCUT2D eigenvalue weighted by atomic mass is 10.1. The van der Waals surface area contributed by atoms with Gasteiger partial charge in [-0.1, -0.05) is 12.1 Å². The number of aliphatic hydroxyl groups is 1. The second-order valence-electron chi connectivity index (χ2n) is 5.06. The maximum Gasteiger partial charge on any atom is 0.319 e. The molecule has 3 N–H and O–H groups in total. The van der Waals surface area contributed by atoms with Crippen molar-refractivity contribution in [1.82, 2.24) is 14.9 Å². The Labute approximate surface area is 123 Å². The number of hydrogen-bond acceptors (Lipinski definition) is 3. The number of carbonyl (C=O) groups is 1. The molecule has 0 spiro atoms. The van der Waals surface area contributed by atoms with E-state index in [4.69, 9.17) is 0 Å². The van der Waals surface area contributed by atoms with Crippen molar-refractivity contribution in [2.24, 2.45) is 0 Å². The third kappa shape index (κ3) is 4.61. The number of hydrogen-bond donors (Lipinski definition) is 3. The first kappa shape index (κ1) is 15.1. The molecule has 0 radical (unpaired) electrons. The van der Waals surface area contributed by atoms with Gasteiger partial charge in [-0.2, -0.15) is 0 Å². The van der Waals surface area contributed by atoms with Crippen molar-refractivity contribution in [2.75, 3.05) is 5.32 Å². The van der Waals surface area contributed by atoms with Crippen LogP contribution in [0, 0.1) is 0 Å². The van der Waals surface area contributed by atoms with Gasteiger partial charge in [-0.15, -0.1) is 0 Å². The molecule has 0 saturated heterocycles. The van der Waals surface area contributed by atoms with Crippen LogP contribution in [0.5, 0.6) is 0 Å². The second kappa shape index (κ2) is 6.90. The van der Waals surface area contributed by atoms with Crippen molar-refractivity contribution >= 4 is 11.7 Å². The Bertz CT molecular complexity index is 564. The Morgan fingerprint density at radius 2 is 2.05 bits per heavy atom. The molecule has 112 valence electrons. The lowest BCUT2D eigenvalue weighted by molar-refractivity contribution is 0.199. The van der Waals surface area contributed by atoms with Crippen LogP contribution in [0.2, 0.25) is 0 Å². The molecule has 1 heterocycles. The van der Waals surface area contributed by atoms with Gasteiger partial charge >= 0.3 is 6.03 Å². The number of imidazole rings is 1. The van der Waals surface area contributed by atoms with Crippen molar-refractivity contribution in [2.45, 2.75) is 32.5 Å². The highest BCUT2D eigenvalue weighted by molar-refractivity contribution is 5.89. The summed E-state index contributed by atoms with van der Waals surface area (Å²) in [4.78, 5) is 15.8. The van der Waals surface area contributed by atoms with Gasteiger partial charge in [0.25, 0.3) is 0 Å². The molecule has 0 saturated carbocycles. The van der Waals surface area contributed by atoms with Gasteiger partial charge in [0.05, 0.1) is 12.4 Å². The first-order valence-electron chi connectivity index (χ1n) is 6.86. The van der Waals surface area contributed by atoms with Crippen LogP contribution in [-0.4, -0.2) is 26.7 Å². The first-order valence-corrected chi connectivity index (χ1v) is 6.86. The Morgan fingerprint density at radius 1 is 1.33 bits per heavy atom. The van der Waals surface area contributed by atoms with Crippen molar-refractivity contribution in [3.8, 4) is 0 Å². The van der Waals surface area contributed by atoms with Gasteiger partial charge in [0.2, 0.25) is 0 Å². The molecule has 2 atom stereocenters. The molecule has 0 aliphatic rings. The van der Waals surface area contributed by atoms with Crippen molar-refractivity contribution < 1.29 is 9.90 Å². The predicted molar refractivity (Wildman–Crippen MR) is 80.9 cm³/mol. The van der Waals surface area contributed by atoms with E-state index >= 15 is 0 Å². The maximum absolute atomic E-state index is 11.9. The average Bonchev–Trinajstić information content (AvgIpc) is 2.91. The molecule has 0 aliphatic carbocycles. The summed E-state index contributed by atoms with van der Waals surface area (Å²) in [6, 6.07) is 6.83. The molecule has 1 aromatic carbocycles. The van der Waals surface area contributed by atoms with Gasteiger partial charge in [-0.25, -0.2) is 9.78 Å². The quantitative estimate of drug-likeness (QED) is 0.788. The molecule has 0 aliphatic heterocycles. The van der Waals surface area contributed by atoms with Gasteiger partial charge in [0.15, 0.2) is 0 Å². The highest BCUT2D eigenvalue weighted by Gasteiger charge is 2.08. The van der Waals surface area contributed by atoms with Crippen LogP contribution in [0.3, 0.4) is 0 Å². The molecule has 0 fully saturated rings. The Morgan fingerprint density at radius 3 is 2.62 bits per heavy atom. The number of aromatic nitrogens is 2. The summed E-state index contributed by atoms with van der Waals surface area (Å²) in [6.07, 6.45) is 4.76. The molecule has 2 rings (SSSR count). The van der Waals surface area contributed by atoms with Crippen LogP contribution in [0.15, 0.2) is 43.0 Å². The number of amides is 2. The summed E-state index contributed by atoms with van der Waals surface area (Å²) >= 11 is 0. The summed E-state index contributed by atoms with van der Waals surface area (Å²) in [6.45, 7) is 4.29. The van der Waals surface area contributed by atoms with E-state index in [1.807, 2.05) is 17.7 Å². The topological polar surface area (TPSA) is 79.2 Å². The maximum atomic E-state index is 11.9. The number of rotatable bonds is 5. The molecule has 0 bridgehead atoms. The monoisotopic (exact) mass is 288 g/mol. The number of nitrogens with one attached hydrogen (secondary N) is 2. The summed E-state index contributed by atoms with van der Waals surface area (Å²) < 4.78 is 1.91. The molecular formula is C15H20N4O2. The third-order valence-corrected chi connectivity index (χ3v) is 3.07. The van der Waals surface area contributed by atoms with E-state index in [-0.39, 0.29) is 12.1 Å². The van der Waals surface area contributed by atoms with Crippen LogP contribution in [-0.2, 0) is 6.54 Å². The van der Waals surface area contributed by atoms with E-state index < -0.39 is 6.10 Å². The van der Waals surface area contributed by atoms with E-state index in [1.165, 1.54) is 0 Å². The lowest BCUT2D eigenvalue weighted by Gasteiger charge is -2.15. The highest BCUT2D eigenvalue weighted by Crippen LogP contribution is 2.15. The summed E-state index contributed by atoms with van der Waals surface area (Å²) in [7, 11) is 0. The zero-order chi connectivity index (χ0) is 15.2. The van der Waals surface area contributed by atoms with Crippen molar-refractivity contribution in [3.05, 3.63) is 48.5 Å². The van der Waals surface area contributed by atoms with Crippen LogP contribution >= 0.6 is 0 Å². The largest absolute Gasteiger partial charge is 0.389 e. The molecule has 6 nitrogen and oxygen atoms in total. The number of carbonyl (C=O) groups excluding carboxylic acids is 1. The van der Waals surface area contributed by atoms with Crippen LogP contribution < -0.4 is 10.6 Å². The minimum atomic E-state index is -0.511. The van der Waals surface area contributed by atoms with E-state index in [1.54, 1.807) is 43.7 Å². The van der Waals surface area contributed by atoms with E-state index in [0.717, 1.165) is 5.56 Å². The van der Waals surface area contributed by atoms with Gasteiger partial charge in [-0.3, -0.25) is 0 Å². The fraction of sp³-hybridized carbons (Fsp3) is 0.333. The third-order valence-electron chi connectivity index (χ3n) is 3.07. The molecule has 6 heteroatoms. The summed E-state index contributed by atoms with van der Waals surface area (Å²) in [5.74, 6) is 0. The van der Waals surface area contributed by atoms with E-state index in [2.05, 4.69) is 15.6 Å². The van der Waals surface area contributed by atoms with E-state index in [0.29, 0.717) is 12.2 Å². The predicted octanol–water partition coefficient (Wildman–Crippen LogP) is 2.15.